The lowest BCUT2D eigenvalue weighted by atomic mass is 10.0. The van der Waals surface area contributed by atoms with Gasteiger partial charge in [0.15, 0.2) is 5.65 Å². The van der Waals surface area contributed by atoms with Crippen LogP contribution in [0.5, 0.6) is 0 Å². The SMILES string of the molecule is O=C(NCCc1cccnn1)Nc1cnc2nc(-c3ccc(F)cc3)c(-c3ccc(F)cc3)nc2c1. The first-order chi connectivity index (χ1) is 17.5. The van der Waals surface area contributed by atoms with Crippen molar-refractivity contribution in [2.24, 2.45) is 0 Å². The van der Waals surface area contributed by atoms with Crippen LogP contribution in [0, 0.1) is 11.6 Å². The summed E-state index contributed by atoms with van der Waals surface area (Å²) in [6.45, 7) is 0.376. The topological polar surface area (TPSA) is 106 Å². The molecule has 0 bridgehead atoms. The predicted octanol–water partition coefficient (Wildman–Crippen LogP) is 4.79. The number of pyridine rings is 1. The number of carbonyl (C=O) groups excluding carboxylic acids is 1. The number of aromatic nitrogens is 5. The third kappa shape index (κ3) is 5.27. The molecule has 8 nitrogen and oxygen atoms in total. The lowest BCUT2D eigenvalue weighted by Crippen LogP contribution is -2.30. The Hall–Kier alpha value is -4.86. The summed E-state index contributed by atoms with van der Waals surface area (Å²) in [5.41, 5.74) is 4.18. The van der Waals surface area contributed by atoms with Crippen LogP contribution in [0.15, 0.2) is 79.1 Å². The molecule has 36 heavy (non-hydrogen) atoms. The zero-order valence-corrected chi connectivity index (χ0v) is 18.8. The van der Waals surface area contributed by atoms with Gasteiger partial charge in [0.25, 0.3) is 0 Å². The van der Waals surface area contributed by atoms with Crippen LogP contribution < -0.4 is 10.6 Å². The molecule has 0 aliphatic carbocycles. The van der Waals surface area contributed by atoms with Crippen LogP contribution in [0.4, 0.5) is 19.3 Å². The van der Waals surface area contributed by atoms with E-state index in [9.17, 15) is 13.6 Å². The highest BCUT2D eigenvalue weighted by atomic mass is 19.1. The van der Waals surface area contributed by atoms with Gasteiger partial charge in [-0.2, -0.15) is 10.2 Å². The summed E-state index contributed by atoms with van der Waals surface area (Å²) < 4.78 is 27.0. The van der Waals surface area contributed by atoms with Crippen molar-refractivity contribution in [3.05, 3.63) is 96.5 Å². The zero-order chi connectivity index (χ0) is 24.9. The van der Waals surface area contributed by atoms with E-state index in [-0.39, 0.29) is 11.6 Å². The van der Waals surface area contributed by atoms with Gasteiger partial charge < -0.3 is 10.6 Å². The van der Waals surface area contributed by atoms with Crippen LogP contribution in [0.2, 0.25) is 0 Å². The van der Waals surface area contributed by atoms with Gasteiger partial charge >= 0.3 is 6.03 Å². The summed E-state index contributed by atoms with van der Waals surface area (Å²) in [5, 5.41) is 13.3. The maximum Gasteiger partial charge on any atom is 0.319 e. The molecule has 0 saturated carbocycles. The maximum atomic E-state index is 13.5. The Morgan fingerprint density at radius 2 is 1.53 bits per heavy atom. The van der Waals surface area contributed by atoms with E-state index in [0.29, 0.717) is 52.3 Å². The van der Waals surface area contributed by atoms with Crippen LogP contribution in [0.3, 0.4) is 0 Å². The molecule has 10 heteroatoms. The molecule has 2 amide bonds. The highest BCUT2D eigenvalue weighted by Gasteiger charge is 2.15. The zero-order valence-electron chi connectivity index (χ0n) is 18.8. The van der Waals surface area contributed by atoms with Crippen LogP contribution >= 0.6 is 0 Å². The van der Waals surface area contributed by atoms with Crippen molar-refractivity contribution in [3.8, 4) is 22.5 Å². The number of urea groups is 1. The van der Waals surface area contributed by atoms with E-state index in [2.05, 4.69) is 30.8 Å². The molecule has 2 aromatic carbocycles. The first-order valence-corrected chi connectivity index (χ1v) is 11.1. The minimum Gasteiger partial charge on any atom is -0.337 e. The number of rotatable bonds is 6. The molecule has 2 N–H and O–H groups in total. The van der Waals surface area contributed by atoms with E-state index < -0.39 is 6.03 Å². The summed E-state index contributed by atoms with van der Waals surface area (Å²) >= 11 is 0. The molecular formula is C26H19F2N7O. The Labute approximate surface area is 204 Å². The third-order valence-corrected chi connectivity index (χ3v) is 5.31. The molecule has 0 fully saturated rings. The lowest BCUT2D eigenvalue weighted by molar-refractivity contribution is 0.252. The summed E-state index contributed by atoms with van der Waals surface area (Å²) in [4.78, 5) is 26.0. The fourth-order valence-electron chi connectivity index (χ4n) is 3.58. The van der Waals surface area contributed by atoms with Gasteiger partial charge in [0.05, 0.1) is 29.0 Å². The van der Waals surface area contributed by atoms with Crippen LogP contribution in [0.1, 0.15) is 5.69 Å². The highest BCUT2D eigenvalue weighted by molar-refractivity contribution is 5.92. The van der Waals surface area contributed by atoms with Gasteiger partial charge in [-0.1, -0.05) is 0 Å². The Kier molecular flexibility index (Phi) is 6.48. The van der Waals surface area contributed by atoms with Crippen LogP contribution in [-0.2, 0) is 6.42 Å². The summed E-state index contributed by atoms with van der Waals surface area (Å²) in [7, 11) is 0. The second-order valence-corrected chi connectivity index (χ2v) is 7.85. The van der Waals surface area contributed by atoms with Crippen molar-refractivity contribution in [2.45, 2.75) is 6.42 Å². The number of nitrogens with zero attached hydrogens (tertiary/aromatic N) is 5. The molecule has 3 aromatic heterocycles. The van der Waals surface area contributed by atoms with Gasteiger partial charge in [-0.05, 0) is 66.7 Å². The maximum absolute atomic E-state index is 13.5. The van der Waals surface area contributed by atoms with Crippen LogP contribution in [0.25, 0.3) is 33.7 Å². The van der Waals surface area contributed by atoms with Crippen molar-refractivity contribution < 1.29 is 13.6 Å². The number of anilines is 1. The number of hydrogen-bond acceptors (Lipinski definition) is 6. The third-order valence-electron chi connectivity index (χ3n) is 5.31. The van der Waals surface area contributed by atoms with E-state index in [1.165, 1.54) is 30.5 Å². The molecule has 5 aromatic rings. The molecule has 0 aliphatic heterocycles. The normalized spacial score (nSPS) is 10.8. The number of hydrogen-bond donors (Lipinski definition) is 2. The molecule has 5 rings (SSSR count). The number of amides is 2. The van der Waals surface area contributed by atoms with Crippen LogP contribution in [-0.4, -0.2) is 37.7 Å². The Bertz CT molecular complexity index is 1510. The number of fused-ring (bicyclic) bond motifs is 1. The Balaban J connectivity index is 1.42. The highest BCUT2D eigenvalue weighted by Crippen LogP contribution is 2.31. The summed E-state index contributed by atoms with van der Waals surface area (Å²) in [5.74, 6) is -0.756. The summed E-state index contributed by atoms with van der Waals surface area (Å²) in [6, 6.07) is 16.6. The number of carbonyl (C=O) groups is 1. The average molecular weight is 483 g/mol. The van der Waals surface area contributed by atoms with Gasteiger partial charge in [0.1, 0.15) is 17.2 Å². The smallest absolute Gasteiger partial charge is 0.319 e. The minimum atomic E-state index is -0.408. The van der Waals surface area contributed by atoms with Gasteiger partial charge in [-0.15, -0.1) is 0 Å². The van der Waals surface area contributed by atoms with Crippen molar-refractivity contribution in [1.29, 1.82) is 0 Å². The standard InChI is InChI=1S/C26H19F2N7O/c27-18-7-3-16(4-8-18)23-24(17-5-9-19(28)10-6-17)34-25-22(33-23)14-21(15-30-25)32-26(36)29-13-11-20-2-1-12-31-35-20/h1-10,12,14-15H,11,13H2,(H2,29,32,36). The molecule has 178 valence electrons. The largest absolute Gasteiger partial charge is 0.337 e. The summed E-state index contributed by atoms with van der Waals surface area (Å²) in [6.07, 6.45) is 3.60. The van der Waals surface area contributed by atoms with Crippen molar-refractivity contribution in [2.75, 3.05) is 11.9 Å². The van der Waals surface area contributed by atoms with Gasteiger partial charge in [-0.3, -0.25) is 0 Å². The fourth-order valence-corrected chi connectivity index (χ4v) is 3.58. The lowest BCUT2D eigenvalue weighted by Gasteiger charge is -2.12. The number of nitrogens with one attached hydrogen (secondary N) is 2. The molecular weight excluding hydrogens is 464 g/mol. The second-order valence-electron chi connectivity index (χ2n) is 7.85. The van der Waals surface area contributed by atoms with Crippen molar-refractivity contribution in [1.82, 2.24) is 30.5 Å². The van der Waals surface area contributed by atoms with E-state index in [0.717, 1.165) is 5.69 Å². The molecule has 0 spiro atoms. The van der Waals surface area contributed by atoms with Gasteiger partial charge in [0, 0.05) is 30.3 Å². The molecule has 3 heterocycles. The monoisotopic (exact) mass is 483 g/mol. The Morgan fingerprint density at radius 3 is 2.17 bits per heavy atom. The predicted molar refractivity (Wildman–Crippen MR) is 131 cm³/mol. The molecule has 0 aliphatic rings. The molecule has 0 atom stereocenters. The quantitative estimate of drug-likeness (QED) is 0.360. The molecule has 0 saturated heterocycles. The van der Waals surface area contributed by atoms with Crippen molar-refractivity contribution >= 4 is 22.9 Å². The molecule has 0 unspecified atom stereocenters. The van der Waals surface area contributed by atoms with E-state index in [1.807, 2.05) is 6.07 Å². The molecule has 0 radical (unpaired) electrons. The fraction of sp³-hybridized carbons (Fsp3) is 0.0769. The number of benzene rings is 2. The van der Waals surface area contributed by atoms with E-state index in [4.69, 9.17) is 4.98 Å². The number of halogens is 2. The van der Waals surface area contributed by atoms with Gasteiger partial charge in [0.2, 0.25) is 0 Å². The first-order valence-electron chi connectivity index (χ1n) is 11.1. The van der Waals surface area contributed by atoms with Crippen molar-refractivity contribution in [3.63, 3.8) is 0 Å². The first kappa shape index (κ1) is 22.9. The minimum absolute atomic E-state index is 0.341. The second kappa shape index (κ2) is 10.2. The Morgan fingerprint density at radius 1 is 0.861 bits per heavy atom. The van der Waals surface area contributed by atoms with Gasteiger partial charge in [-0.25, -0.2) is 28.5 Å². The average Bonchev–Trinajstić information content (AvgIpc) is 2.89. The van der Waals surface area contributed by atoms with E-state index in [1.54, 1.807) is 42.6 Å². The van der Waals surface area contributed by atoms with E-state index >= 15 is 0 Å².